The highest BCUT2D eigenvalue weighted by atomic mass is 16.5. The summed E-state index contributed by atoms with van der Waals surface area (Å²) >= 11 is 0. The van der Waals surface area contributed by atoms with E-state index in [0.717, 1.165) is 33.2 Å². The third-order valence-corrected chi connectivity index (χ3v) is 5.27. The standard InChI is InChI=1S/C28H27N3O4/c1-4-16-34-28(33)29-17-19-12-14-20(15-13-19)30-25-21-8-5-6-11-24(21)31-26-22(25)9-7-10-23(26)27(32)35-18(2)3/h4-15,18H,1,16-17H2,2-3H3,(H,29,33)(H,30,31). The molecule has 7 heteroatoms. The van der Waals surface area contributed by atoms with Crippen LogP contribution in [-0.2, 0) is 16.0 Å². The number of para-hydroxylation sites is 2. The highest BCUT2D eigenvalue weighted by molar-refractivity contribution is 6.13. The maximum Gasteiger partial charge on any atom is 0.407 e. The van der Waals surface area contributed by atoms with Gasteiger partial charge in [0.1, 0.15) is 6.61 Å². The van der Waals surface area contributed by atoms with Crippen LogP contribution in [0.25, 0.3) is 21.8 Å². The number of rotatable bonds is 8. The van der Waals surface area contributed by atoms with Crippen molar-refractivity contribution in [3.8, 4) is 0 Å². The Kier molecular flexibility index (Phi) is 7.26. The van der Waals surface area contributed by atoms with Gasteiger partial charge in [-0.05, 0) is 43.7 Å². The van der Waals surface area contributed by atoms with Crippen LogP contribution < -0.4 is 10.6 Å². The summed E-state index contributed by atoms with van der Waals surface area (Å²) in [4.78, 5) is 29.2. The second-order valence-corrected chi connectivity index (χ2v) is 8.22. The number of aromatic nitrogens is 1. The predicted molar refractivity (Wildman–Crippen MR) is 138 cm³/mol. The molecule has 1 aromatic heterocycles. The van der Waals surface area contributed by atoms with E-state index in [2.05, 4.69) is 17.2 Å². The molecule has 0 atom stereocenters. The second kappa shape index (κ2) is 10.7. The normalized spacial score (nSPS) is 10.8. The fourth-order valence-electron chi connectivity index (χ4n) is 3.70. The van der Waals surface area contributed by atoms with Gasteiger partial charge < -0.3 is 20.1 Å². The van der Waals surface area contributed by atoms with Crippen LogP contribution in [0, 0.1) is 0 Å². The maximum atomic E-state index is 12.8. The Labute approximate surface area is 203 Å². The van der Waals surface area contributed by atoms with Gasteiger partial charge in [-0.15, -0.1) is 0 Å². The fraction of sp³-hybridized carbons (Fsp3) is 0.179. The molecule has 1 heterocycles. The summed E-state index contributed by atoms with van der Waals surface area (Å²) in [5.41, 5.74) is 4.41. The average Bonchev–Trinajstić information content (AvgIpc) is 2.86. The number of alkyl carbamates (subject to hydrolysis) is 1. The van der Waals surface area contributed by atoms with E-state index in [1.54, 1.807) is 6.07 Å². The molecule has 0 aliphatic rings. The van der Waals surface area contributed by atoms with E-state index in [1.165, 1.54) is 6.08 Å². The van der Waals surface area contributed by atoms with Crippen molar-refractivity contribution in [3.63, 3.8) is 0 Å². The summed E-state index contributed by atoms with van der Waals surface area (Å²) in [6, 6.07) is 21.0. The van der Waals surface area contributed by atoms with Crippen molar-refractivity contribution in [1.82, 2.24) is 10.3 Å². The Bertz CT molecular complexity index is 1380. The van der Waals surface area contributed by atoms with Crippen LogP contribution in [0.4, 0.5) is 16.2 Å². The van der Waals surface area contributed by atoms with Gasteiger partial charge in [0, 0.05) is 23.0 Å². The van der Waals surface area contributed by atoms with Crippen molar-refractivity contribution >= 4 is 45.2 Å². The first-order valence-electron chi connectivity index (χ1n) is 11.4. The summed E-state index contributed by atoms with van der Waals surface area (Å²) in [5.74, 6) is -0.400. The molecule has 0 saturated heterocycles. The largest absolute Gasteiger partial charge is 0.459 e. The molecule has 0 aliphatic carbocycles. The molecule has 178 valence electrons. The number of amides is 1. The first kappa shape index (κ1) is 23.8. The molecule has 2 N–H and O–H groups in total. The first-order chi connectivity index (χ1) is 17.0. The molecular formula is C28H27N3O4. The number of anilines is 2. The lowest BCUT2D eigenvalue weighted by atomic mass is 10.0. The van der Waals surface area contributed by atoms with Crippen LogP contribution >= 0.6 is 0 Å². The summed E-state index contributed by atoms with van der Waals surface area (Å²) in [6.45, 7) is 7.67. The van der Waals surface area contributed by atoms with Crippen LogP contribution in [-0.4, -0.2) is 29.8 Å². The third-order valence-electron chi connectivity index (χ3n) is 5.27. The molecule has 3 aromatic carbocycles. The van der Waals surface area contributed by atoms with E-state index in [-0.39, 0.29) is 12.7 Å². The summed E-state index contributed by atoms with van der Waals surface area (Å²) in [6.07, 6.45) is 0.796. The summed E-state index contributed by atoms with van der Waals surface area (Å²) in [7, 11) is 0. The molecule has 0 fully saturated rings. The van der Waals surface area contributed by atoms with E-state index < -0.39 is 12.1 Å². The molecule has 0 radical (unpaired) electrons. The maximum absolute atomic E-state index is 12.8. The van der Waals surface area contributed by atoms with E-state index in [1.807, 2.05) is 74.5 Å². The highest BCUT2D eigenvalue weighted by Gasteiger charge is 2.18. The fourth-order valence-corrected chi connectivity index (χ4v) is 3.70. The van der Waals surface area contributed by atoms with E-state index in [4.69, 9.17) is 14.5 Å². The second-order valence-electron chi connectivity index (χ2n) is 8.22. The summed E-state index contributed by atoms with van der Waals surface area (Å²) in [5, 5.41) is 7.95. The lowest BCUT2D eigenvalue weighted by Crippen LogP contribution is -2.23. The van der Waals surface area contributed by atoms with Gasteiger partial charge in [0.05, 0.1) is 28.4 Å². The Morgan fingerprint density at radius 3 is 2.49 bits per heavy atom. The smallest absolute Gasteiger partial charge is 0.407 e. The van der Waals surface area contributed by atoms with Gasteiger partial charge in [-0.25, -0.2) is 14.6 Å². The Hall–Kier alpha value is -4.39. The van der Waals surface area contributed by atoms with Crippen molar-refractivity contribution in [1.29, 1.82) is 0 Å². The minimum absolute atomic E-state index is 0.166. The molecule has 0 unspecified atom stereocenters. The molecule has 4 aromatic rings. The number of esters is 1. The molecule has 0 bridgehead atoms. The molecule has 0 aliphatic heterocycles. The number of carbonyl (C=O) groups is 2. The van der Waals surface area contributed by atoms with Crippen molar-refractivity contribution in [2.24, 2.45) is 0 Å². The molecule has 35 heavy (non-hydrogen) atoms. The van der Waals surface area contributed by atoms with Gasteiger partial charge in [-0.3, -0.25) is 0 Å². The molecule has 1 amide bonds. The molecule has 0 spiro atoms. The Morgan fingerprint density at radius 2 is 1.74 bits per heavy atom. The molecule has 4 rings (SSSR count). The van der Waals surface area contributed by atoms with E-state index in [0.29, 0.717) is 17.6 Å². The Morgan fingerprint density at radius 1 is 1.00 bits per heavy atom. The lowest BCUT2D eigenvalue weighted by Gasteiger charge is -2.16. The zero-order valence-corrected chi connectivity index (χ0v) is 19.7. The van der Waals surface area contributed by atoms with Gasteiger partial charge in [0.25, 0.3) is 0 Å². The van der Waals surface area contributed by atoms with E-state index in [9.17, 15) is 9.59 Å². The van der Waals surface area contributed by atoms with Crippen LogP contribution in [0.15, 0.2) is 79.4 Å². The van der Waals surface area contributed by atoms with Gasteiger partial charge in [0.15, 0.2) is 0 Å². The first-order valence-corrected chi connectivity index (χ1v) is 11.4. The highest BCUT2D eigenvalue weighted by Crippen LogP contribution is 2.34. The monoisotopic (exact) mass is 469 g/mol. The third kappa shape index (κ3) is 5.58. The number of fused-ring (bicyclic) bond motifs is 2. The number of benzene rings is 3. The van der Waals surface area contributed by atoms with Crippen LogP contribution in [0.2, 0.25) is 0 Å². The zero-order chi connectivity index (χ0) is 24.8. The minimum Gasteiger partial charge on any atom is -0.459 e. The number of ether oxygens (including phenoxy) is 2. The Balaban J connectivity index is 1.66. The average molecular weight is 470 g/mol. The SMILES string of the molecule is C=CCOC(=O)NCc1ccc(Nc2c3ccccc3nc3c(C(=O)OC(C)C)cccc23)cc1. The van der Waals surface area contributed by atoms with Gasteiger partial charge in [-0.1, -0.05) is 55.1 Å². The number of carbonyl (C=O) groups excluding carboxylic acids is 2. The predicted octanol–water partition coefficient (Wildman–Crippen LogP) is 6.11. The number of nitrogens with zero attached hydrogens (tertiary/aromatic N) is 1. The van der Waals surface area contributed by atoms with Crippen molar-refractivity contribution < 1.29 is 19.1 Å². The molecular weight excluding hydrogens is 442 g/mol. The van der Waals surface area contributed by atoms with Crippen LogP contribution in [0.3, 0.4) is 0 Å². The number of pyridine rings is 1. The van der Waals surface area contributed by atoms with Gasteiger partial charge in [-0.2, -0.15) is 0 Å². The van der Waals surface area contributed by atoms with Crippen LogP contribution in [0.5, 0.6) is 0 Å². The van der Waals surface area contributed by atoms with Crippen molar-refractivity contribution in [2.45, 2.75) is 26.5 Å². The number of nitrogens with one attached hydrogen (secondary N) is 2. The van der Waals surface area contributed by atoms with Gasteiger partial charge in [0.2, 0.25) is 0 Å². The minimum atomic E-state index is -0.492. The quantitative estimate of drug-likeness (QED) is 0.184. The van der Waals surface area contributed by atoms with E-state index >= 15 is 0 Å². The topological polar surface area (TPSA) is 89.5 Å². The van der Waals surface area contributed by atoms with Crippen LogP contribution in [0.1, 0.15) is 29.8 Å². The molecule has 0 saturated carbocycles. The van der Waals surface area contributed by atoms with Crippen molar-refractivity contribution in [2.75, 3.05) is 11.9 Å². The summed E-state index contributed by atoms with van der Waals surface area (Å²) < 4.78 is 10.4. The number of hydrogen-bond acceptors (Lipinski definition) is 6. The van der Waals surface area contributed by atoms with Gasteiger partial charge >= 0.3 is 12.1 Å². The van der Waals surface area contributed by atoms with Crippen molar-refractivity contribution in [3.05, 3.63) is 90.5 Å². The zero-order valence-electron chi connectivity index (χ0n) is 19.7. The molecule has 7 nitrogen and oxygen atoms in total. The lowest BCUT2D eigenvalue weighted by molar-refractivity contribution is 0.0380. The number of hydrogen-bond donors (Lipinski definition) is 2.